The third kappa shape index (κ3) is 4.15. The second-order valence-corrected chi connectivity index (χ2v) is 8.54. The van der Waals surface area contributed by atoms with Crippen LogP contribution < -0.4 is 9.46 Å². The maximum Gasteiger partial charge on any atom is 0.262 e. The molecule has 0 aliphatic carbocycles. The number of imidazole rings is 1. The van der Waals surface area contributed by atoms with Gasteiger partial charge in [-0.05, 0) is 31.2 Å². The monoisotopic (exact) mass is 437 g/mol. The molecular weight excluding hydrogens is 417 g/mol. The molecule has 6 nitrogen and oxygen atoms in total. The van der Waals surface area contributed by atoms with Gasteiger partial charge in [-0.1, -0.05) is 36.4 Å². The molecule has 0 bridgehead atoms. The van der Waals surface area contributed by atoms with Crippen LogP contribution in [-0.2, 0) is 10.0 Å². The van der Waals surface area contributed by atoms with E-state index in [0.29, 0.717) is 11.4 Å². The van der Waals surface area contributed by atoms with Gasteiger partial charge in [0.25, 0.3) is 10.0 Å². The standard InChI is InChI=1S/C23H20FN3O3S/c1-16-14-27(15-25-16)21-12-11-17(13-22(21)30-2)26-31(28,29)23-10-6-4-8-19(23)18-7-3-5-9-20(18)24/h3-15,26H,1-2H3. The van der Waals surface area contributed by atoms with Crippen molar-refractivity contribution >= 4 is 15.7 Å². The van der Waals surface area contributed by atoms with Gasteiger partial charge in [-0.3, -0.25) is 4.72 Å². The van der Waals surface area contributed by atoms with Crippen LogP contribution in [0.4, 0.5) is 10.1 Å². The zero-order chi connectivity index (χ0) is 22.0. The molecule has 3 aromatic carbocycles. The van der Waals surface area contributed by atoms with Crippen LogP contribution in [0.1, 0.15) is 5.69 Å². The zero-order valence-electron chi connectivity index (χ0n) is 16.9. The molecule has 0 atom stereocenters. The predicted octanol–water partition coefficient (Wildman–Crippen LogP) is 4.80. The number of hydrogen-bond donors (Lipinski definition) is 1. The Kier molecular flexibility index (Phi) is 5.48. The summed E-state index contributed by atoms with van der Waals surface area (Å²) in [6, 6.07) is 17.3. The molecule has 0 aliphatic heterocycles. The van der Waals surface area contributed by atoms with Crippen LogP contribution in [0.2, 0.25) is 0 Å². The Morgan fingerprint density at radius 3 is 2.39 bits per heavy atom. The smallest absolute Gasteiger partial charge is 0.262 e. The number of ether oxygens (including phenoxy) is 1. The highest BCUT2D eigenvalue weighted by molar-refractivity contribution is 7.92. The van der Waals surface area contributed by atoms with E-state index in [1.165, 1.54) is 19.2 Å². The van der Waals surface area contributed by atoms with Gasteiger partial charge in [0.05, 0.1) is 35.4 Å². The topological polar surface area (TPSA) is 73.2 Å². The van der Waals surface area contributed by atoms with Gasteiger partial charge >= 0.3 is 0 Å². The first-order valence-electron chi connectivity index (χ1n) is 9.45. The highest BCUT2D eigenvalue weighted by atomic mass is 32.2. The van der Waals surface area contributed by atoms with Crippen LogP contribution in [0.15, 0.2) is 84.1 Å². The van der Waals surface area contributed by atoms with E-state index in [-0.39, 0.29) is 16.0 Å². The molecule has 0 radical (unpaired) electrons. The van der Waals surface area contributed by atoms with Crippen molar-refractivity contribution in [3.8, 4) is 22.6 Å². The van der Waals surface area contributed by atoms with Gasteiger partial charge in [-0.2, -0.15) is 0 Å². The minimum atomic E-state index is -4.00. The fourth-order valence-electron chi connectivity index (χ4n) is 3.32. The Morgan fingerprint density at radius 2 is 1.71 bits per heavy atom. The lowest BCUT2D eigenvalue weighted by Crippen LogP contribution is -2.14. The number of halogens is 1. The molecule has 0 spiro atoms. The van der Waals surface area contributed by atoms with Gasteiger partial charge in [-0.15, -0.1) is 0 Å². The molecule has 31 heavy (non-hydrogen) atoms. The van der Waals surface area contributed by atoms with Crippen LogP contribution in [0, 0.1) is 12.7 Å². The average Bonchev–Trinajstić information content (AvgIpc) is 3.20. The summed E-state index contributed by atoms with van der Waals surface area (Å²) in [5, 5.41) is 0. The number of anilines is 1. The summed E-state index contributed by atoms with van der Waals surface area (Å²) >= 11 is 0. The third-order valence-electron chi connectivity index (χ3n) is 4.76. The second-order valence-electron chi connectivity index (χ2n) is 6.89. The van der Waals surface area contributed by atoms with Crippen molar-refractivity contribution < 1.29 is 17.5 Å². The van der Waals surface area contributed by atoms with E-state index < -0.39 is 15.8 Å². The van der Waals surface area contributed by atoms with E-state index in [9.17, 15) is 12.8 Å². The zero-order valence-corrected chi connectivity index (χ0v) is 17.7. The van der Waals surface area contributed by atoms with E-state index in [4.69, 9.17) is 4.74 Å². The molecule has 0 amide bonds. The lowest BCUT2D eigenvalue weighted by Gasteiger charge is -2.15. The molecule has 0 saturated carbocycles. The van der Waals surface area contributed by atoms with Gasteiger partial charge in [0.1, 0.15) is 11.6 Å². The number of rotatable bonds is 6. The molecule has 4 rings (SSSR count). The number of aromatic nitrogens is 2. The van der Waals surface area contributed by atoms with Crippen LogP contribution in [-0.4, -0.2) is 25.1 Å². The molecule has 158 valence electrons. The summed E-state index contributed by atoms with van der Waals surface area (Å²) in [6.45, 7) is 1.87. The maximum absolute atomic E-state index is 14.3. The number of sulfonamides is 1. The van der Waals surface area contributed by atoms with Crippen LogP contribution >= 0.6 is 0 Å². The summed E-state index contributed by atoms with van der Waals surface area (Å²) in [7, 11) is -2.49. The summed E-state index contributed by atoms with van der Waals surface area (Å²) in [4.78, 5) is 4.18. The first-order valence-corrected chi connectivity index (χ1v) is 10.9. The van der Waals surface area contributed by atoms with Crippen molar-refractivity contribution in [2.75, 3.05) is 11.8 Å². The molecular formula is C23H20FN3O3S. The summed E-state index contributed by atoms with van der Waals surface area (Å²) in [6.07, 6.45) is 3.49. The van der Waals surface area contributed by atoms with E-state index in [2.05, 4.69) is 9.71 Å². The van der Waals surface area contributed by atoms with Gasteiger partial charge in [-0.25, -0.2) is 17.8 Å². The molecule has 1 heterocycles. The molecule has 0 unspecified atom stereocenters. The second kappa shape index (κ2) is 8.23. The average molecular weight is 437 g/mol. The van der Waals surface area contributed by atoms with E-state index in [1.54, 1.807) is 65.5 Å². The van der Waals surface area contributed by atoms with Crippen LogP contribution in [0.5, 0.6) is 5.75 Å². The van der Waals surface area contributed by atoms with Crippen LogP contribution in [0.25, 0.3) is 16.8 Å². The molecule has 0 aliphatic rings. The minimum absolute atomic E-state index is 0.0200. The fourth-order valence-corrected chi connectivity index (χ4v) is 4.59. The van der Waals surface area contributed by atoms with Crippen molar-refractivity contribution in [1.82, 2.24) is 9.55 Å². The Balaban J connectivity index is 1.72. The largest absolute Gasteiger partial charge is 0.494 e. The summed E-state index contributed by atoms with van der Waals surface area (Å²) in [5.74, 6) is -0.0215. The molecule has 1 aromatic heterocycles. The Labute approximate surface area is 180 Å². The number of nitrogens with zero attached hydrogens (tertiary/aromatic N) is 2. The van der Waals surface area contributed by atoms with E-state index >= 15 is 0 Å². The fraction of sp³-hybridized carbons (Fsp3) is 0.0870. The molecule has 8 heteroatoms. The third-order valence-corrected chi connectivity index (χ3v) is 6.20. The summed E-state index contributed by atoms with van der Waals surface area (Å²) < 4.78 is 50.5. The Bertz CT molecular complexity index is 1350. The Hall–Kier alpha value is -3.65. The normalized spacial score (nSPS) is 11.3. The predicted molar refractivity (Wildman–Crippen MR) is 117 cm³/mol. The molecule has 0 fully saturated rings. The van der Waals surface area contributed by atoms with Gasteiger partial charge < -0.3 is 9.30 Å². The number of hydrogen-bond acceptors (Lipinski definition) is 4. The molecule has 0 saturated heterocycles. The minimum Gasteiger partial charge on any atom is -0.494 e. The van der Waals surface area contributed by atoms with Crippen LogP contribution in [0.3, 0.4) is 0 Å². The number of benzene rings is 3. The summed E-state index contributed by atoms with van der Waals surface area (Å²) in [5.41, 5.74) is 2.38. The number of methoxy groups -OCH3 is 1. The van der Waals surface area contributed by atoms with Gasteiger partial charge in [0.2, 0.25) is 0 Å². The van der Waals surface area contributed by atoms with Crippen molar-refractivity contribution in [2.45, 2.75) is 11.8 Å². The number of nitrogens with one attached hydrogen (secondary N) is 1. The first kappa shape index (κ1) is 20.6. The SMILES string of the molecule is COc1cc(NS(=O)(=O)c2ccccc2-c2ccccc2F)ccc1-n1cnc(C)c1. The van der Waals surface area contributed by atoms with Gasteiger partial charge in [0, 0.05) is 23.4 Å². The van der Waals surface area contributed by atoms with Crippen molar-refractivity contribution in [3.05, 3.63) is 90.8 Å². The van der Waals surface area contributed by atoms with E-state index in [1.807, 2.05) is 13.1 Å². The molecule has 1 N–H and O–H groups in total. The van der Waals surface area contributed by atoms with Gasteiger partial charge in [0.15, 0.2) is 0 Å². The van der Waals surface area contributed by atoms with Crippen molar-refractivity contribution in [3.63, 3.8) is 0 Å². The Morgan fingerprint density at radius 1 is 1.00 bits per heavy atom. The van der Waals surface area contributed by atoms with Crippen molar-refractivity contribution in [1.29, 1.82) is 0 Å². The highest BCUT2D eigenvalue weighted by Crippen LogP contribution is 2.32. The highest BCUT2D eigenvalue weighted by Gasteiger charge is 2.21. The van der Waals surface area contributed by atoms with Crippen molar-refractivity contribution in [2.24, 2.45) is 0 Å². The van der Waals surface area contributed by atoms with E-state index in [0.717, 1.165) is 11.4 Å². The lowest BCUT2D eigenvalue weighted by atomic mass is 10.1. The first-order chi connectivity index (χ1) is 14.9. The molecule has 4 aromatic rings. The maximum atomic E-state index is 14.3. The lowest BCUT2D eigenvalue weighted by molar-refractivity contribution is 0.413. The number of aryl methyl sites for hydroxylation is 1. The quantitative estimate of drug-likeness (QED) is 0.470.